The summed E-state index contributed by atoms with van der Waals surface area (Å²) in [6.07, 6.45) is 1.71. The Kier molecular flexibility index (Phi) is 6.87. The lowest BCUT2D eigenvalue weighted by molar-refractivity contribution is -0.122. The minimum absolute atomic E-state index is 0.0365. The molecule has 0 aliphatic heterocycles. The van der Waals surface area contributed by atoms with Gasteiger partial charge in [-0.25, -0.2) is 0 Å². The monoisotopic (exact) mass is 328 g/mol. The van der Waals surface area contributed by atoms with Crippen molar-refractivity contribution in [2.75, 3.05) is 13.2 Å². The van der Waals surface area contributed by atoms with E-state index in [0.29, 0.717) is 12.3 Å². The summed E-state index contributed by atoms with van der Waals surface area (Å²) in [4.78, 5) is 11.3. The quantitative estimate of drug-likeness (QED) is 0.806. The third kappa shape index (κ3) is 5.61. The zero-order valence-electron chi connectivity index (χ0n) is 11.4. The van der Waals surface area contributed by atoms with Crippen LogP contribution < -0.4 is 15.8 Å². The van der Waals surface area contributed by atoms with Crippen molar-refractivity contribution in [3.63, 3.8) is 0 Å². The Morgan fingerprint density at radius 1 is 1.47 bits per heavy atom. The first-order valence-corrected chi connectivity index (χ1v) is 7.29. The molecule has 1 rings (SSSR count). The first-order valence-electron chi connectivity index (χ1n) is 6.50. The van der Waals surface area contributed by atoms with Gasteiger partial charge >= 0.3 is 0 Å². The van der Waals surface area contributed by atoms with E-state index in [0.717, 1.165) is 22.9 Å². The van der Waals surface area contributed by atoms with E-state index in [1.54, 1.807) is 0 Å². The fraction of sp³-hybridized carbons (Fsp3) is 0.500. The first kappa shape index (κ1) is 16.0. The molecule has 1 aromatic rings. The molecular weight excluding hydrogens is 308 g/mol. The van der Waals surface area contributed by atoms with Gasteiger partial charge in [0.25, 0.3) is 5.91 Å². The van der Waals surface area contributed by atoms with Crippen LogP contribution in [-0.4, -0.2) is 25.1 Å². The Balaban J connectivity index is 2.65. The lowest BCUT2D eigenvalue weighted by atomic mass is 10.0. The van der Waals surface area contributed by atoms with Crippen LogP contribution in [0.2, 0.25) is 0 Å². The number of carbonyl (C=O) groups excluding carboxylic acids is 1. The predicted octanol–water partition coefficient (Wildman–Crippen LogP) is 2.24. The van der Waals surface area contributed by atoms with Crippen LogP contribution in [0.3, 0.4) is 0 Å². The van der Waals surface area contributed by atoms with Crippen LogP contribution >= 0.6 is 15.9 Å². The number of rotatable bonds is 7. The van der Waals surface area contributed by atoms with Crippen molar-refractivity contribution < 1.29 is 9.53 Å². The molecule has 106 valence electrons. The van der Waals surface area contributed by atoms with E-state index < -0.39 is 0 Å². The third-order valence-electron chi connectivity index (χ3n) is 2.77. The molecule has 1 atom stereocenters. The molecule has 1 aromatic carbocycles. The molecule has 0 heterocycles. The summed E-state index contributed by atoms with van der Waals surface area (Å²) in [6, 6.07) is 5.82. The van der Waals surface area contributed by atoms with Crippen molar-refractivity contribution in [3.05, 3.63) is 28.2 Å². The normalized spacial score (nSPS) is 12.0. The molecule has 4 nitrogen and oxygen atoms in total. The molecule has 0 aliphatic rings. The van der Waals surface area contributed by atoms with E-state index >= 15 is 0 Å². The maximum absolute atomic E-state index is 11.3. The van der Waals surface area contributed by atoms with E-state index in [4.69, 9.17) is 10.5 Å². The second kappa shape index (κ2) is 8.17. The van der Waals surface area contributed by atoms with Crippen molar-refractivity contribution >= 4 is 21.8 Å². The number of halogens is 1. The summed E-state index contributed by atoms with van der Waals surface area (Å²) < 4.78 is 6.47. The van der Waals surface area contributed by atoms with Gasteiger partial charge < -0.3 is 15.8 Å². The van der Waals surface area contributed by atoms with Gasteiger partial charge in [-0.1, -0.05) is 22.9 Å². The molecule has 1 unspecified atom stereocenters. The number of hydrogen-bond acceptors (Lipinski definition) is 3. The number of likely N-dealkylation sites (N-methyl/N-ethyl adjacent to an activating group) is 1. The molecule has 1 amide bonds. The standard InChI is InChI=1S/C14H21BrN2O2/c1-3-11(16)7-10-8-12(5-6-13(10)15)19-9-14(18)17-4-2/h5-6,8,11H,3-4,7,9,16H2,1-2H3,(H,17,18). The summed E-state index contributed by atoms with van der Waals surface area (Å²) in [7, 11) is 0. The van der Waals surface area contributed by atoms with E-state index in [9.17, 15) is 4.79 Å². The van der Waals surface area contributed by atoms with Crippen LogP contribution in [0.4, 0.5) is 0 Å². The molecule has 0 fully saturated rings. The molecule has 19 heavy (non-hydrogen) atoms. The summed E-state index contributed by atoms with van der Waals surface area (Å²) in [6.45, 7) is 4.59. The van der Waals surface area contributed by atoms with Crippen molar-refractivity contribution in [2.45, 2.75) is 32.7 Å². The van der Waals surface area contributed by atoms with Crippen molar-refractivity contribution in [3.8, 4) is 5.75 Å². The number of hydrogen-bond donors (Lipinski definition) is 2. The lowest BCUT2D eigenvalue weighted by Crippen LogP contribution is -2.28. The van der Waals surface area contributed by atoms with E-state index in [2.05, 4.69) is 28.2 Å². The van der Waals surface area contributed by atoms with E-state index in [-0.39, 0.29) is 18.6 Å². The third-order valence-corrected chi connectivity index (χ3v) is 3.54. The highest BCUT2D eigenvalue weighted by molar-refractivity contribution is 9.10. The highest BCUT2D eigenvalue weighted by atomic mass is 79.9. The summed E-state index contributed by atoms with van der Waals surface area (Å²) >= 11 is 3.50. The highest BCUT2D eigenvalue weighted by Gasteiger charge is 2.08. The van der Waals surface area contributed by atoms with Crippen LogP contribution in [0.1, 0.15) is 25.8 Å². The molecule has 0 radical (unpaired) electrons. The Bertz CT molecular complexity index is 424. The Morgan fingerprint density at radius 2 is 2.21 bits per heavy atom. The lowest BCUT2D eigenvalue weighted by Gasteiger charge is -2.12. The highest BCUT2D eigenvalue weighted by Crippen LogP contribution is 2.24. The Hall–Kier alpha value is -1.07. The average molecular weight is 329 g/mol. The van der Waals surface area contributed by atoms with E-state index in [1.807, 2.05) is 25.1 Å². The number of nitrogens with one attached hydrogen (secondary N) is 1. The molecule has 0 aromatic heterocycles. The van der Waals surface area contributed by atoms with Crippen LogP contribution in [-0.2, 0) is 11.2 Å². The minimum atomic E-state index is -0.114. The average Bonchev–Trinajstić information content (AvgIpc) is 2.39. The fourth-order valence-corrected chi connectivity index (χ4v) is 2.03. The largest absolute Gasteiger partial charge is 0.484 e. The predicted molar refractivity (Wildman–Crippen MR) is 80.3 cm³/mol. The number of nitrogens with two attached hydrogens (primary N) is 1. The zero-order valence-corrected chi connectivity index (χ0v) is 13.0. The smallest absolute Gasteiger partial charge is 0.257 e. The molecular formula is C14H21BrN2O2. The van der Waals surface area contributed by atoms with Gasteiger partial charge in [0.15, 0.2) is 6.61 Å². The molecule has 0 bridgehead atoms. The zero-order chi connectivity index (χ0) is 14.3. The van der Waals surface area contributed by atoms with Gasteiger partial charge in [-0.2, -0.15) is 0 Å². The molecule has 0 saturated heterocycles. The molecule has 0 spiro atoms. The first-order chi connectivity index (χ1) is 9.06. The summed E-state index contributed by atoms with van der Waals surface area (Å²) in [5.41, 5.74) is 7.06. The Morgan fingerprint density at radius 3 is 2.84 bits per heavy atom. The van der Waals surface area contributed by atoms with Gasteiger partial charge in [0.05, 0.1) is 0 Å². The number of benzene rings is 1. The number of amides is 1. The fourth-order valence-electron chi connectivity index (χ4n) is 1.62. The van der Waals surface area contributed by atoms with Crippen LogP contribution in [0, 0.1) is 0 Å². The molecule has 0 saturated carbocycles. The second-order valence-electron chi connectivity index (χ2n) is 4.37. The number of ether oxygens (including phenoxy) is 1. The van der Waals surface area contributed by atoms with Gasteiger partial charge in [-0.15, -0.1) is 0 Å². The van der Waals surface area contributed by atoms with Gasteiger partial charge in [-0.05, 0) is 43.5 Å². The van der Waals surface area contributed by atoms with Crippen LogP contribution in [0.15, 0.2) is 22.7 Å². The topological polar surface area (TPSA) is 64.3 Å². The van der Waals surface area contributed by atoms with E-state index in [1.165, 1.54) is 0 Å². The SMILES string of the molecule is CCNC(=O)COc1ccc(Br)c(CC(N)CC)c1. The Labute approximate surface area is 122 Å². The van der Waals surface area contributed by atoms with Gasteiger partial charge in [0.2, 0.25) is 0 Å². The molecule has 5 heteroatoms. The van der Waals surface area contributed by atoms with Crippen LogP contribution in [0.25, 0.3) is 0 Å². The maximum Gasteiger partial charge on any atom is 0.257 e. The summed E-state index contributed by atoms with van der Waals surface area (Å²) in [5.74, 6) is 0.574. The van der Waals surface area contributed by atoms with Gasteiger partial charge in [0, 0.05) is 17.1 Å². The van der Waals surface area contributed by atoms with Gasteiger partial charge in [0.1, 0.15) is 5.75 Å². The summed E-state index contributed by atoms with van der Waals surface area (Å²) in [5, 5.41) is 2.69. The van der Waals surface area contributed by atoms with Gasteiger partial charge in [-0.3, -0.25) is 4.79 Å². The minimum Gasteiger partial charge on any atom is -0.484 e. The number of carbonyl (C=O) groups is 1. The van der Waals surface area contributed by atoms with Crippen molar-refractivity contribution in [2.24, 2.45) is 5.73 Å². The molecule has 0 aliphatic carbocycles. The van der Waals surface area contributed by atoms with Crippen molar-refractivity contribution in [1.82, 2.24) is 5.32 Å². The maximum atomic E-state index is 11.3. The second-order valence-corrected chi connectivity index (χ2v) is 5.22. The van der Waals surface area contributed by atoms with Crippen molar-refractivity contribution in [1.29, 1.82) is 0 Å². The van der Waals surface area contributed by atoms with Crippen LogP contribution in [0.5, 0.6) is 5.75 Å². The molecule has 3 N–H and O–H groups in total.